The first-order valence-corrected chi connectivity index (χ1v) is 10.7. The Balaban J connectivity index is 1.30. The Morgan fingerprint density at radius 3 is 2.68 bits per heavy atom. The van der Waals surface area contributed by atoms with Crippen LogP contribution in [-0.4, -0.2) is 52.7 Å². The van der Waals surface area contributed by atoms with Crippen LogP contribution in [-0.2, 0) is 11.2 Å². The fraction of sp³-hybridized carbons (Fsp3) is 0.565. The number of benzene rings is 1. The molecule has 0 spiro atoms. The number of para-hydroxylation sites is 1. The van der Waals surface area contributed by atoms with Crippen LogP contribution in [0.3, 0.4) is 0 Å². The number of β-amino-alcohol motifs (C(OH)–C–C–N with tert-alkyl or cyclic N) is 1. The summed E-state index contributed by atoms with van der Waals surface area (Å²) in [5.74, 6) is 0.225. The third kappa shape index (κ3) is 4.89. The van der Waals surface area contributed by atoms with Crippen LogP contribution in [0.2, 0.25) is 0 Å². The fourth-order valence-corrected chi connectivity index (χ4v) is 4.66. The highest BCUT2D eigenvalue weighted by atomic mass is 16.3. The summed E-state index contributed by atoms with van der Waals surface area (Å²) >= 11 is 0. The minimum atomic E-state index is -0.404. The first-order valence-electron chi connectivity index (χ1n) is 10.7. The number of nitrogens with one attached hydrogen (secondary N) is 1. The number of fused-ring (bicyclic) bond motifs is 1. The molecule has 1 aromatic carbocycles. The van der Waals surface area contributed by atoms with Gasteiger partial charge in [0.2, 0.25) is 5.91 Å². The normalized spacial score (nSPS) is 24.3. The Labute approximate surface area is 167 Å². The van der Waals surface area contributed by atoms with Crippen LogP contribution in [0.1, 0.15) is 44.2 Å². The van der Waals surface area contributed by atoms with Crippen LogP contribution in [0.4, 0.5) is 0 Å². The number of carbonyl (C=O) groups is 1. The molecule has 1 aromatic heterocycles. The second-order valence-corrected chi connectivity index (χ2v) is 8.48. The van der Waals surface area contributed by atoms with Gasteiger partial charge in [0.05, 0.1) is 18.2 Å². The predicted octanol–water partition coefficient (Wildman–Crippen LogP) is 2.91. The zero-order valence-electron chi connectivity index (χ0n) is 16.5. The maximum absolute atomic E-state index is 12.5. The van der Waals surface area contributed by atoms with Crippen LogP contribution < -0.4 is 5.32 Å². The number of nitrogens with zero attached hydrogens (tertiary/aromatic N) is 2. The number of rotatable bonds is 5. The number of aliphatic hydroxyl groups excluding tert-OH is 1. The summed E-state index contributed by atoms with van der Waals surface area (Å²) in [5, 5.41) is 14.8. The molecule has 2 fully saturated rings. The van der Waals surface area contributed by atoms with E-state index in [4.69, 9.17) is 4.98 Å². The van der Waals surface area contributed by atoms with Crippen molar-refractivity contribution in [2.45, 2.75) is 57.1 Å². The van der Waals surface area contributed by atoms with Gasteiger partial charge in [-0.15, -0.1) is 0 Å². The quantitative estimate of drug-likeness (QED) is 0.782. The van der Waals surface area contributed by atoms with Crippen molar-refractivity contribution in [1.29, 1.82) is 0 Å². The van der Waals surface area contributed by atoms with Crippen molar-refractivity contribution in [3.8, 4) is 0 Å². The molecular formula is C23H31N3O2. The van der Waals surface area contributed by atoms with Crippen molar-refractivity contribution in [2.75, 3.05) is 19.6 Å². The second kappa shape index (κ2) is 9.01. The molecule has 0 bridgehead atoms. The van der Waals surface area contributed by atoms with E-state index in [1.54, 1.807) is 0 Å². The molecule has 5 nitrogen and oxygen atoms in total. The summed E-state index contributed by atoms with van der Waals surface area (Å²) in [6.45, 7) is 1.69. The third-order valence-electron chi connectivity index (χ3n) is 6.20. The summed E-state index contributed by atoms with van der Waals surface area (Å²) in [4.78, 5) is 19.3. The van der Waals surface area contributed by atoms with E-state index in [1.807, 2.05) is 18.2 Å². The highest BCUT2D eigenvalue weighted by Gasteiger charge is 2.32. The topological polar surface area (TPSA) is 65.5 Å². The van der Waals surface area contributed by atoms with Crippen LogP contribution >= 0.6 is 0 Å². The van der Waals surface area contributed by atoms with E-state index in [9.17, 15) is 9.90 Å². The van der Waals surface area contributed by atoms with Gasteiger partial charge in [-0.1, -0.05) is 49.9 Å². The molecule has 1 amide bonds. The lowest BCUT2D eigenvalue weighted by Crippen LogP contribution is -2.41. The molecule has 1 aliphatic carbocycles. The zero-order valence-corrected chi connectivity index (χ0v) is 16.5. The standard InChI is InChI=1S/C23H31N3O2/c27-22-15-26(16-23(28)25-19-8-3-1-2-4-9-19)14-18(22)13-20-12-11-17-7-5-6-10-21(17)24-20/h5-7,10-12,18-19,22,27H,1-4,8-9,13-16H2,(H,25,28)/t18-,22-/m1/s1. The zero-order chi connectivity index (χ0) is 19.3. The number of aromatic nitrogens is 1. The molecule has 150 valence electrons. The van der Waals surface area contributed by atoms with Crippen molar-refractivity contribution >= 4 is 16.8 Å². The van der Waals surface area contributed by atoms with Gasteiger partial charge in [0.25, 0.3) is 0 Å². The number of likely N-dealkylation sites (tertiary alicyclic amines) is 1. The first kappa shape index (κ1) is 19.3. The van der Waals surface area contributed by atoms with Gasteiger partial charge in [0.1, 0.15) is 0 Å². The van der Waals surface area contributed by atoms with Crippen LogP contribution in [0.25, 0.3) is 10.9 Å². The Kier molecular flexibility index (Phi) is 6.23. The largest absolute Gasteiger partial charge is 0.391 e. The van der Waals surface area contributed by atoms with E-state index in [-0.39, 0.29) is 11.8 Å². The van der Waals surface area contributed by atoms with Crippen molar-refractivity contribution in [1.82, 2.24) is 15.2 Å². The molecule has 1 saturated carbocycles. The molecule has 2 heterocycles. The van der Waals surface area contributed by atoms with Gasteiger partial charge in [-0.3, -0.25) is 14.7 Å². The first-order chi connectivity index (χ1) is 13.7. The third-order valence-corrected chi connectivity index (χ3v) is 6.20. The van der Waals surface area contributed by atoms with Gasteiger partial charge in [0.15, 0.2) is 0 Å². The Morgan fingerprint density at radius 1 is 1.07 bits per heavy atom. The van der Waals surface area contributed by atoms with Crippen molar-refractivity contribution < 1.29 is 9.90 Å². The van der Waals surface area contributed by atoms with E-state index >= 15 is 0 Å². The molecule has 0 unspecified atom stereocenters. The van der Waals surface area contributed by atoms with Crippen molar-refractivity contribution in [3.05, 3.63) is 42.1 Å². The average Bonchev–Trinajstić information content (AvgIpc) is 2.87. The Morgan fingerprint density at radius 2 is 1.86 bits per heavy atom. The Bertz CT molecular complexity index is 801. The molecule has 2 atom stereocenters. The molecule has 1 aliphatic heterocycles. The maximum atomic E-state index is 12.5. The number of hydrogen-bond acceptors (Lipinski definition) is 4. The molecule has 5 heteroatoms. The average molecular weight is 382 g/mol. The van der Waals surface area contributed by atoms with E-state index in [0.29, 0.717) is 19.1 Å². The molecule has 28 heavy (non-hydrogen) atoms. The number of hydrogen-bond donors (Lipinski definition) is 2. The molecule has 4 rings (SSSR count). The second-order valence-electron chi connectivity index (χ2n) is 8.48. The number of pyridine rings is 1. The van der Waals surface area contributed by atoms with Crippen LogP contribution in [0.15, 0.2) is 36.4 Å². The van der Waals surface area contributed by atoms with E-state index in [0.717, 1.165) is 42.4 Å². The van der Waals surface area contributed by atoms with Gasteiger partial charge in [-0.05, 0) is 31.4 Å². The maximum Gasteiger partial charge on any atom is 0.234 e. The summed E-state index contributed by atoms with van der Waals surface area (Å²) in [5.41, 5.74) is 2.00. The SMILES string of the molecule is O=C(CN1C[C@@H](Cc2ccc3ccccc3n2)[C@H](O)C1)NC1CCCCCC1. The molecule has 2 aromatic rings. The molecular weight excluding hydrogens is 350 g/mol. The summed E-state index contributed by atoms with van der Waals surface area (Å²) < 4.78 is 0. The van der Waals surface area contributed by atoms with Crippen LogP contribution in [0, 0.1) is 5.92 Å². The van der Waals surface area contributed by atoms with Gasteiger partial charge >= 0.3 is 0 Å². The lowest BCUT2D eigenvalue weighted by molar-refractivity contribution is -0.122. The monoisotopic (exact) mass is 381 g/mol. The summed E-state index contributed by atoms with van der Waals surface area (Å²) in [6, 6.07) is 12.6. The minimum absolute atomic E-state index is 0.101. The van der Waals surface area contributed by atoms with E-state index in [2.05, 4.69) is 28.4 Å². The fourth-order valence-electron chi connectivity index (χ4n) is 4.66. The van der Waals surface area contributed by atoms with Crippen molar-refractivity contribution in [3.63, 3.8) is 0 Å². The smallest absolute Gasteiger partial charge is 0.234 e. The van der Waals surface area contributed by atoms with Crippen LogP contribution in [0.5, 0.6) is 0 Å². The van der Waals surface area contributed by atoms with Gasteiger partial charge in [0, 0.05) is 36.1 Å². The predicted molar refractivity (Wildman–Crippen MR) is 111 cm³/mol. The lowest BCUT2D eigenvalue weighted by atomic mass is 9.99. The number of aliphatic hydroxyl groups is 1. The Hall–Kier alpha value is -1.98. The number of amides is 1. The molecule has 2 N–H and O–H groups in total. The van der Waals surface area contributed by atoms with Gasteiger partial charge in [-0.25, -0.2) is 0 Å². The highest BCUT2D eigenvalue weighted by Crippen LogP contribution is 2.22. The molecule has 2 aliphatic rings. The van der Waals surface area contributed by atoms with E-state index in [1.165, 1.54) is 25.7 Å². The highest BCUT2D eigenvalue weighted by molar-refractivity contribution is 5.79. The summed E-state index contributed by atoms with van der Waals surface area (Å²) in [6.07, 6.45) is 7.55. The minimum Gasteiger partial charge on any atom is -0.391 e. The van der Waals surface area contributed by atoms with Gasteiger partial charge < -0.3 is 10.4 Å². The van der Waals surface area contributed by atoms with E-state index < -0.39 is 6.10 Å². The summed E-state index contributed by atoms with van der Waals surface area (Å²) in [7, 11) is 0. The lowest BCUT2D eigenvalue weighted by Gasteiger charge is -2.20. The van der Waals surface area contributed by atoms with Gasteiger partial charge in [-0.2, -0.15) is 0 Å². The van der Waals surface area contributed by atoms with Crippen molar-refractivity contribution in [2.24, 2.45) is 5.92 Å². The molecule has 0 radical (unpaired) electrons. The number of carbonyl (C=O) groups excluding carboxylic acids is 1. The molecule has 1 saturated heterocycles.